The second-order valence-electron chi connectivity index (χ2n) is 11.7. The third-order valence-corrected chi connectivity index (χ3v) is 7.73. The van der Waals surface area contributed by atoms with Crippen LogP contribution in [0.4, 0.5) is 13.6 Å². The van der Waals surface area contributed by atoms with Crippen LogP contribution in [0, 0.1) is 0 Å². The number of ether oxygens (including phenoxy) is 2. The third-order valence-electron chi connectivity index (χ3n) is 7.73. The van der Waals surface area contributed by atoms with Gasteiger partial charge in [-0.3, -0.25) is 14.9 Å². The average Bonchev–Trinajstić information content (AvgIpc) is 3.44. The molecule has 0 radical (unpaired) electrons. The molecule has 0 aliphatic carbocycles. The van der Waals surface area contributed by atoms with Crippen molar-refractivity contribution < 1.29 is 32.6 Å². The van der Waals surface area contributed by atoms with Crippen LogP contribution in [-0.4, -0.2) is 39.7 Å². The number of amides is 3. The highest BCUT2D eigenvalue weighted by Crippen LogP contribution is 2.49. The van der Waals surface area contributed by atoms with E-state index >= 15 is 0 Å². The van der Waals surface area contributed by atoms with E-state index in [0.29, 0.717) is 40.1 Å². The molecule has 3 aromatic carbocycles. The first-order valence-corrected chi connectivity index (χ1v) is 13.9. The Morgan fingerprint density at radius 3 is 2.49 bits per heavy atom. The summed E-state index contributed by atoms with van der Waals surface area (Å²) in [5.41, 5.74) is 3.28. The van der Waals surface area contributed by atoms with Gasteiger partial charge >= 0.3 is 12.7 Å². The van der Waals surface area contributed by atoms with Gasteiger partial charge in [-0.15, -0.1) is 0 Å². The fourth-order valence-electron chi connectivity index (χ4n) is 5.91. The van der Waals surface area contributed by atoms with Crippen molar-refractivity contribution in [2.24, 2.45) is 0 Å². The van der Waals surface area contributed by atoms with Gasteiger partial charge in [-0.2, -0.15) is 8.78 Å². The number of nitrogens with zero attached hydrogens (tertiary/aromatic N) is 2. The van der Waals surface area contributed by atoms with E-state index in [-0.39, 0.29) is 23.7 Å². The number of hydrogen-bond acceptors (Lipinski definition) is 6. The van der Waals surface area contributed by atoms with E-state index in [1.54, 1.807) is 52.0 Å². The lowest BCUT2D eigenvalue weighted by Gasteiger charge is -2.24. The predicted octanol–water partition coefficient (Wildman–Crippen LogP) is 6.24. The van der Waals surface area contributed by atoms with Crippen LogP contribution in [0.1, 0.15) is 79.4 Å². The number of nitrogens with one attached hydrogen (secondary N) is 2. The normalized spacial score (nSPS) is 18.0. The number of alkyl halides is 2. The fraction of sp³-hybridized carbons (Fsp3) is 0.312. The number of fused-ring (bicyclic) bond motifs is 9. The minimum Gasteiger partial charge on any atom is -0.444 e. The van der Waals surface area contributed by atoms with E-state index < -0.39 is 30.1 Å². The van der Waals surface area contributed by atoms with Gasteiger partial charge in [0.2, 0.25) is 5.91 Å². The molecule has 3 atom stereocenters. The number of halogens is 2. The highest BCUT2D eigenvalue weighted by Gasteiger charge is 2.42. The fourth-order valence-corrected chi connectivity index (χ4v) is 5.91. The number of benzene rings is 3. The Balaban J connectivity index is 1.42. The molecule has 4 aromatic rings. The molecule has 2 N–H and O–H groups in total. The second-order valence-corrected chi connectivity index (χ2v) is 11.7. The van der Waals surface area contributed by atoms with Crippen LogP contribution in [0.5, 0.6) is 5.75 Å². The monoisotopic (exact) mass is 588 g/mol. The Bertz CT molecular complexity index is 1760. The molecule has 1 unspecified atom stereocenters. The first-order valence-electron chi connectivity index (χ1n) is 13.9. The minimum atomic E-state index is -3.09. The summed E-state index contributed by atoms with van der Waals surface area (Å²) in [5, 5.41) is 5.30. The molecule has 1 aromatic heterocycles. The Morgan fingerprint density at radius 1 is 1.07 bits per heavy atom. The van der Waals surface area contributed by atoms with Gasteiger partial charge in [-0.05, 0) is 75.1 Å². The first kappa shape index (κ1) is 28.3. The Labute approximate surface area is 246 Å². The molecule has 6 rings (SSSR count). The smallest absolute Gasteiger partial charge is 0.414 e. The molecule has 2 bridgehead atoms. The number of para-hydroxylation sites is 2. The van der Waals surface area contributed by atoms with Gasteiger partial charge in [0.25, 0.3) is 5.91 Å². The van der Waals surface area contributed by atoms with Crippen LogP contribution in [-0.2, 0) is 9.53 Å². The third kappa shape index (κ3) is 5.19. The molecule has 2 aliphatic heterocycles. The molecule has 0 saturated carbocycles. The zero-order chi connectivity index (χ0) is 30.6. The van der Waals surface area contributed by atoms with Crippen molar-refractivity contribution in [1.29, 1.82) is 0 Å². The molecule has 0 spiro atoms. The summed E-state index contributed by atoms with van der Waals surface area (Å²) in [6.45, 7) is 3.64. The SMILES string of the molecule is CC(C(=O)NC(=O)OC(C)(C)C)c1ccc(-c2c(OC(F)F)ccc3c2[C@H]2C[C@@H](NC3=O)c3nc4ccccc4n32)cc1. The van der Waals surface area contributed by atoms with Gasteiger partial charge < -0.3 is 19.4 Å². The molecule has 0 saturated heterocycles. The van der Waals surface area contributed by atoms with Crippen molar-refractivity contribution >= 4 is 28.9 Å². The number of rotatable bonds is 5. The van der Waals surface area contributed by atoms with E-state index in [2.05, 4.69) is 15.2 Å². The first-order chi connectivity index (χ1) is 20.4. The lowest BCUT2D eigenvalue weighted by molar-refractivity contribution is -0.121. The van der Waals surface area contributed by atoms with Gasteiger partial charge in [-0.1, -0.05) is 36.4 Å². The van der Waals surface area contributed by atoms with Crippen LogP contribution in [0.2, 0.25) is 0 Å². The number of carbonyl (C=O) groups is 3. The van der Waals surface area contributed by atoms with Crippen LogP contribution < -0.4 is 15.4 Å². The Morgan fingerprint density at radius 2 is 1.79 bits per heavy atom. The molecule has 2 aliphatic rings. The highest BCUT2D eigenvalue weighted by molar-refractivity contribution is 6.00. The minimum absolute atomic E-state index is 0.0682. The van der Waals surface area contributed by atoms with Gasteiger partial charge in [0.1, 0.15) is 17.2 Å². The van der Waals surface area contributed by atoms with Crippen molar-refractivity contribution in [3.63, 3.8) is 0 Å². The van der Waals surface area contributed by atoms with E-state index in [4.69, 9.17) is 14.5 Å². The number of aromatic nitrogens is 2. The van der Waals surface area contributed by atoms with Crippen molar-refractivity contribution in [3.8, 4) is 16.9 Å². The van der Waals surface area contributed by atoms with E-state index in [1.165, 1.54) is 12.1 Å². The van der Waals surface area contributed by atoms with E-state index in [9.17, 15) is 23.2 Å². The zero-order valence-corrected chi connectivity index (χ0v) is 24.0. The van der Waals surface area contributed by atoms with Gasteiger partial charge in [0, 0.05) is 11.1 Å². The number of imidazole rings is 1. The molecular formula is C32H30F2N4O5. The van der Waals surface area contributed by atoms with Crippen molar-refractivity contribution in [3.05, 3.63) is 83.2 Å². The maximum absolute atomic E-state index is 13.7. The topological polar surface area (TPSA) is 112 Å². The quantitative estimate of drug-likeness (QED) is 0.286. The van der Waals surface area contributed by atoms with Crippen LogP contribution in [0.3, 0.4) is 0 Å². The average molecular weight is 589 g/mol. The lowest BCUT2D eigenvalue weighted by atomic mass is 9.88. The zero-order valence-electron chi connectivity index (χ0n) is 24.0. The molecular weight excluding hydrogens is 558 g/mol. The standard InChI is InChI=1S/C32H30F2N4O5/c1-16(28(39)37-31(41)43-32(2,3)4)17-9-11-18(12-10-17)25-24(42-30(33)34)14-13-19-26(25)23-15-21(36-29(19)40)27-35-20-7-5-6-8-22(20)38(23)27/h5-14,16,21,23,30H,15H2,1-4H3,(H,36,40)(H,37,39,41)/t16?,21-,23-/m1/s1. The number of carbonyl (C=O) groups excluding carboxylic acids is 3. The van der Waals surface area contributed by atoms with E-state index in [1.807, 2.05) is 24.3 Å². The Hall–Kier alpha value is -4.80. The number of alkyl carbamates (subject to hydrolysis) is 1. The summed E-state index contributed by atoms with van der Waals surface area (Å²) in [6, 6.07) is 16.6. The highest BCUT2D eigenvalue weighted by atomic mass is 19.3. The summed E-state index contributed by atoms with van der Waals surface area (Å²) in [5.74, 6) is -0.953. The second kappa shape index (κ2) is 10.5. The molecule has 11 heteroatoms. The molecule has 0 fully saturated rings. The van der Waals surface area contributed by atoms with Gasteiger partial charge in [0.15, 0.2) is 0 Å². The van der Waals surface area contributed by atoms with Crippen molar-refractivity contribution in [2.45, 2.75) is 64.3 Å². The molecule has 3 heterocycles. The molecule has 222 valence electrons. The summed E-state index contributed by atoms with van der Waals surface area (Å²) in [7, 11) is 0. The molecule has 3 amide bonds. The lowest BCUT2D eigenvalue weighted by Crippen LogP contribution is -2.38. The number of imide groups is 1. The van der Waals surface area contributed by atoms with Crippen LogP contribution in [0.15, 0.2) is 60.7 Å². The number of hydrogen-bond donors (Lipinski definition) is 2. The summed E-state index contributed by atoms with van der Waals surface area (Å²) >= 11 is 0. The van der Waals surface area contributed by atoms with Crippen molar-refractivity contribution in [1.82, 2.24) is 20.2 Å². The van der Waals surface area contributed by atoms with Crippen LogP contribution in [0.25, 0.3) is 22.2 Å². The summed E-state index contributed by atoms with van der Waals surface area (Å²) < 4.78 is 39.5. The molecule has 43 heavy (non-hydrogen) atoms. The maximum Gasteiger partial charge on any atom is 0.414 e. The van der Waals surface area contributed by atoms with E-state index in [0.717, 1.165) is 11.0 Å². The largest absolute Gasteiger partial charge is 0.444 e. The Kier molecular flexibility index (Phi) is 6.90. The van der Waals surface area contributed by atoms with Gasteiger partial charge in [-0.25, -0.2) is 9.78 Å². The maximum atomic E-state index is 13.7. The predicted molar refractivity (Wildman–Crippen MR) is 154 cm³/mol. The van der Waals surface area contributed by atoms with Crippen LogP contribution >= 0.6 is 0 Å². The van der Waals surface area contributed by atoms with Gasteiger partial charge in [0.05, 0.1) is 29.0 Å². The molecule has 9 nitrogen and oxygen atoms in total. The summed E-state index contributed by atoms with van der Waals surface area (Å²) in [6.07, 6.45) is -0.349. The van der Waals surface area contributed by atoms with Crippen molar-refractivity contribution in [2.75, 3.05) is 0 Å². The summed E-state index contributed by atoms with van der Waals surface area (Å²) in [4.78, 5) is 43.0.